The summed E-state index contributed by atoms with van der Waals surface area (Å²) in [6.07, 6.45) is 3.51. The lowest BCUT2D eigenvalue weighted by Crippen LogP contribution is -2.36. The van der Waals surface area contributed by atoms with E-state index in [1.807, 2.05) is 19.1 Å². The molecule has 2 unspecified atom stereocenters. The van der Waals surface area contributed by atoms with Crippen molar-refractivity contribution in [2.45, 2.75) is 39.2 Å². The number of rotatable bonds is 2. The number of benzene rings is 1. The quantitative estimate of drug-likeness (QED) is 0.811. The molecule has 1 amide bonds. The van der Waals surface area contributed by atoms with Crippen molar-refractivity contribution in [2.75, 3.05) is 5.73 Å². The van der Waals surface area contributed by atoms with Gasteiger partial charge in [-0.15, -0.1) is 12.4 Å². The Hall–Kier alpha value is -1.22. The molecule has 0 aromatic heterocycles. The van der Waals surface area contributed by atoms with Gasteiger partial charge in [0, 0.05) is 17.3 Å². The minimum absolute atomic E-state index is 0. The van der Waals surface area contributed by atoms with E-state index < -0.39 is 0 Å². The maximum atomic E-state index is 12.2. The van der Waals surface area contributed by atoms with Gasteiger partial charge < -0.3 is 11.1 Å². The lowest BCUT2D eigenvalue weighted by Gasteiger charge is -2.18. The largest absolute Gasteiger partial charge is 0.399 e. The molecule has 0 radical (unpaired) electrons. The highest BCUT2D eigenvalue weighted by Gasteiger charge is 2.25. The first-order chi connectivity index (χ1) is 8.08. The first kappa shape index (κ1) is 14.8. The van der Waals surface area contributed by atoms with Gasteiger partial charge in [0.05, 0.1) is 0 Å². The zero-order valence-corrected chi connectivity index (χ0v) is 11.7. The molecule has 3 nitrogen and oxygen atoms in total. The zero-order valence-electron chi connectivity index (χ0n) is 10.9. The van der Waals surface area contributed by atoms with Gasteiger partial charge in [0.25, 0.3) is 5.91 Å². The predicted octanol–water partition coefficient (Wildman–Crippen LogP) is 2.92. The highest BCUT2D eigenvalue weighted by molar-refractivity contribution is 5.96. The summed E-state index contributed by atoms with van der Waals surface area (Å²) in [5.41, 5.74) is 8.03. The van der Waals surface area contributed by atoms with Crippen molar-refractivity contribution in [3.8, 4) is 0 Å². The number of nitrogens with one attached hydrogen (secondary N) is 1. The van der Waals surface area contributed by atoms with Crippen LogP contribution in [0.15, 0.2) is 18.2 Å². The zero-order chi connectivity index (χ0) is 12.4. The molecule has 1 aliphatic carbocycles. The van der Waals surface area contributed by atoms with Crippen LogP contribution in [0.5, 0.6) is 0 Å². The van der Waals surface area contributed by atoms with Crippen LogP contribution in [-0.2, 0) is 0 Å². The summed E-state index contributed by atoms with van der Waals surface area (Å²) in [7, 11) is 0. The Bertz CT molecular complexity index is 434. The van der Waals surface area contributed by atoms with Gasteiger partial charge in [0.15, 0.2) is 0 Å². The van der Waals surface area contributed by atoms with E-state index >= 15 is 0 Å². The molecule has 1 aromatic rings. The third-order valence-corrected chi connectivity index (χ3v) is 3.68. The van der Waals surface area contributed by atoms with Crippen LogP contribution < -0.4 is 11.1 Å². The Balaban J connectivity index is 0.00000162. The van der Waals surface area contributed by atoms with Crippen molar-refractivity contribution < 1.29 is 4.79 Å². The lowest BCUT2D eigenvalue weighted by molar-refractivity contribution is 0.0929. The SMILES string of the molecule is Cc1ccc(N)cc1C(=O)NC1CCCC1C.Cl. The van der Waals surface area contributed by atoms with Gasteiger partial charge in [-0.1, -0.05) is 19.4 Å². The average Bonchev–Trinajstić information content (AvgIpc) is 2.68. The van der Waals surface area contributed by atoms with Crippen molar-refractivity contribution in [1.29, 1.82) is 0 Å². The summed E-state index contributed by atoms with van der Waals surface area (Å²) >= 11 is 0. The first-order valence-electron chi connectivity index (χ1n) is 6.25. The second-order valence-electron chi connectivity index (χ2n) is 5.06. The Kier molecular flexibility index (Phi) is 5.03. The third kappa shape index (κ3) is 3.16. The number of carbonyl (C=O) groups is 1. The van der Waals surface area contributed by atoms with Gasteiger partial charge in [-0.25, -0.2) is 0 Å². The molecule has 2 atom stereocenters. The summed E-state index contributed by atoms with van der Waals surface area (Å²) in [5, 5.41) is 3.12. The fourth-order valence-corrected chi connectivity index (χ4v) is 2.49. The van der Waals surface area contributed by atoms with Gasteiger partial charge in [-0.05, 0) is 43.4 Å². The fraction of sp³-hybridized carbons (Fsp3) is 0.500. The summed E-state index contributed by atoms with van der Waals surface area (Å²) in [6, 6.07) is 5.79. The molecule has 4 heteroatoms. The van der Waals surface area contributed by atoms with Crippen LogP contribution >= 0.6 is 12.4 Å². The monoisotopic (exact) mass is 268 g/mol. The van der Waals surface area contributed by atoms with Crippen molar-refractivity contribution in [3.05, 3.63) is 29.3 Å². The fourth-order valence-electron chi connectivity index (χ4n) is 2.49. The first-order valence-corrected chi connectivity index (χ1v) is 6.25. The van der Waals surface area contributed by atoms with Crippen LogP contribution in [0.25, 0.3) is 0 Å². The van der Waals surface area contributed by atoms with Crippen molar-refractivity contribution in [1.82, 2.24) is 5.32 Å². The van der Waals surface area contributed by atoms with Gasteiger partial charge >= 0.3 is 0 Å². The maximum Gasteiger partial charge on any atom is 0.251 e. The Morgan fingerprint density at radius 2 is 2.11 bits per heavy atom. The van der Waals surface area contributed by atoms with E-state index in [4.69, 9.17) is 5.73 Å². The summed E-state index contributed by atoms with van der Waals surface area (Å²) in [4.78, 5) is 12.2. The highest BCUT2D eigenvalue weighted by atomic mass is 35.5. The molecule has 1 aromatic carbocycles. The molecule has 1 fully saturated rings. The minimum Gasteiger partial charge on any atom is -0.399 e. The van der Waals surface area contributed by atoms with Crippen LogP contribution in [0, 0.1) is 12.8 Å². The smallest absolute Gasteiger partial charge is 0.251 e. The molecule has 18 heavy (non-hydrogen) atoms. The summed E-state index contributed by atoms with van der Waals surface area (Å²) in [5.74, 6) is 0.592. The molecule has 1 saturated carbocycles. The number of nitrogens with two attached hydrogens (primary N) is 1. The normalized spacial score (nSPS) is 22.3. The number of aryl methyl sites for hydroxylation is 1. The number of hydrogen-bond acceptors (Lipinski definition) is 2. The average molecular weight is 269 g/mol. The van der Waals surface area contributed by atoms with Crippen molar-refractivity contribution in [2.24, 2.45) is 5.92 Å². The molecule has 0 saturated heterocycles. The van der Waals surface area contributed by atoms with Crippen LogP contribution in [0.1, 0.15) is 42.1 Å². The number of anilines is 1. The minimum atomic E-state index is 0. The van der Waals surface area contributed by atoms with Crippen LogP contribution in [0.4, 0.5) is 5.69 Å². The number of halogens is 1. The molecule has 3 N–H and O–H groups in total. The Morgan fingerprint density at radius 3 is 2.72 bits per heavy atom. The van der Waals surface area contributed by atoms with E-state index in [2.05, 4.69) is 12.2 Å². The molecule has 0 aliphatic heterocycles. The van der Waals surface area contributed by atoms with Crippen LogP contribution in [0.3, 0.4) is 0 Å². The molecule has 100 valence electrons. The van der Waals surface area contributed by atoms with Gasteiger partial charge in [0.1, 0.15) is 0 Å². The van der Waals surface area contributed by atoms with E-state index in [1.165, 1.54) is 12.8 Å². The van der Waals surface area contributed by atoms with E-state index in [0.29, 0.717) is 23.2 Å². The number of carbonyl (C=O) groups excluding carboxylic acids is 1. The third-order valence-electron chi connectivity index (χ3n) is 3.68. The highest BCUT2D eigenvalue weighted by Crippen LogP contribution is 2.25. The topological polar surface area (TPSA) is 55.1 Å². The van der Waals surface area contributed by atoms with Crippen LogP contribution in [0.2, 0.25) is 0 Å². The van der Waals surface area contributed by atoms with Gasteiger partial charge in [0.2, 0.25) is 0 Å². The Labute approximate surface area is 115 Å². The van der Waals surface area contributed by atoms with Gasteiger partial charge in [-0.2, -0.15) is 0 Å². The van der Waals surface area contributed by atoms with E-state index in [0.717, 1.165) is 12.0 Å². The second-order valence-corrected chi connectivity index (χ2v) is 5.06. The molecular formula is C14H21ClN2O. The molecule has 0 heterocycles. The molecule has 0 bridgehead atoms. The number of hydrogen-bond donors (Lipinski definition) is 2. The molecular weight excluding hydrogens is 248 g/mol. The lowest BCUT2D eigenvalue weighted by atomic mass is 10.0. The van der Waals surface area contributed by atoms with Crippen molar-refractivity contribution in [3.63, 3.8) is 0 Å². The molecule has 2 rings (SSSR count). The van der Waals surface area contributed by atoms with Crippen molar-refractivity contribution >= 4 is 24.0 Å². The predicted molar refractivity (Wildman–Crippen MR) is 77.1 cm³/mol. The van der Waals surface area contributed by atoms with E-state index in [9.17, 15) is 4.79 Å². The number of nitrogen functional groups attached to an aromatic ring is 1. The van der Waals surface area contributed by atoms with Gasteiger partial charge in [-0.3, -0.25) is 4.79 Å². The maximum absolute atomic E-state index is 12.2. The standard InChI is InChI=1S/C14H20N2O.ClH/c1-9-6-7-11(15)8-12(9)14(17)16-13-5-3-4-10(13)2;/h6-8,10,13H,3-5,15H2,1-2H3,(H,16,17);1H. The van der Waals surface area contributed by atoms with E-state index in [-0.39, 0.29) is 18.3 Å². The second kappa shape index (κ2) is 6.10. The van der Waals surface area contributed by atoms with E-state index in [1.54, 1.807) is 6.07 Å². The summed E-state index contributed by atoms with van der Waals surface area (Å²) in [6.45, 7) is 4.14. The van der Waals surface area contributed by atoms with Crippen LogP contribution in [-0.4, -0.2) is 11.9 Å². The Morgan fingerprint density at radius 1 is 1.39 bits per heavy atom. The molecule has 1 aliphatic rings. The summed E-state index contributed by atoms with van der Waals surface area (Å²) < 4.78 is 0. The number of amides is 1. The molecule has 0 spiro atoms.